The van der Waals surface area contributed by atoms with Gasteiger partial charge in [-0.25, -0.2) is 0 Å². The van der Waals surface area contributed by atoms with Gasteiger partial charge in [0, 0.05) is 17.2 Å². The number of nitrogens with two attached hydrogens (primary N) is 1. The van der Waals surface area contributed by atoms with Crippen LogP contribution in [-0.4, -0.2) is 24.4 Å². The second kappa shape index (κ2) is 6.32. The van der Waals surface area contributed by atoms with Crippen molar-refractivity contribution in [2.45, 2.75) is 26.3 Å². The maximum atomic E-state index is 6.38. The third-order valence-electron chi connectivity index (χ3n) is 3.10. The van der Waals surface area contributed by atoms with E-state index in [0.29, 0.717) is 33.8 Å². The van der Waals surface area contributed by atoms with Crippen molar-refractivity contribution in [1.29, 1.82) is 0 Å². The Morgan fingerprint density at radius 2 is 2.05 bits per heavy atom. The summed E-state index contributed by atoms with van der Waals surface area (Å²) in [6.45, 7) is 4.23. The van der Waals surface area contributed by atoms with Gasteiger partial charge in [-0.15, -0.1) is 0 Å². The second-order valence-electron chi connectivity index (χ2n) is 4.75. The highest BCUT2D eigenvalue weighted by Crippen LogP contribution is 2.45. The van der Waals surface area contributed by atoms with Crippen LogP contribution in [0.4, 0.5) is 0 Å². The van der Waals surface area contributed by atoms with Crippen LogP contribution in [-0.2, 0) is 6.54 Å². The number of nitrogens with zero attached hydrogens (tertiary/aromatic N) is 2. The number of hydrogen-bond acceptors (Lipinski definition) is 6. The number of aromatic nitrogens is 2. The molecule has 2 aromatic rings. The zero-order valence-corrected chi connectivity index (χ0v) is 13.2. The molecule has 0 aliphatic heterocycles. The van der Waals surface area contributed by atoms with Crippen LogP contribution in [0.15, 0.2) is 10.6 Å². The number of benzene rings is 1. The van der Waals surface area contributed by atoms with E-state index in [-0.39, 0.29) is 12.5 Å². The zero-order chi connectivity index (χ0) is 15.6. The van der Waals surface area contributed by atoms with Crippen LogP contribution in [0.1, 0.15) is 31.2 Å². The van der Waals surface area contributed by atoms with Crippen LogP contribution < -0.4 is 15.2 Å². The predicted molar refractivity (Wildman–Crippen MR) is 79.8 cm³/mol. The molecule has 1 heterocycles. The summed E-state index contributed by atoms with van der Waals surface area (Å²) in [4.78, 5) is 4.25. The van der Waals surface area contributed by atoms with Gasteiger partial charge in [0.25, 0.3) is 0 Å². The Balaban J connectivity index is 2.74. The Labute approximate surface area is 128 Å². The van der Waals surface area contributed by atoms with Crippen molar-refractivity contribution in [3.63, 3.8) is 0 Å². The highest BCUT2D eigenvalue weighted by molar-refractivity contribution is 6.33. The minimum Gasteiger partial charge on any atom is -0.493 e. The van der Waals surface area contributed by atoms with Gasteiger partial charge in [-0.3, -0.25) is 0 Å². The molecule has 0 radical (unpaired) electrons. The van der Waals surface area contributed by atoms with E-state index in [0.717, 1.165) is 5.56 Å². The van der Waals surface area contributed by atoms with E-state index < -0.39 is 0 Å². The molecule has 0 aliphatic carbocycles. The van der Waals surface area contributed by atoms with Gasteiger partial charge in [-0.2, -0.15) is 4.98 Å². The smallest absolute Gasteiger partial charge is 0.240 e. The van der Waals surface area contributed by atoms with Crippen molar-refractivity contribution >= 4 is 11.6 Å². The van der Waals surface area contributed by atoms with E-state index in [9.17, 15) is 0 Å². The fourth-order valence-corrected chi connectivity index (χ4v) is 2.49. The number of hydrogen-bond donors (Lipinski definition) is 1. The van der Waals surface area contributed by atoms with E-state index in [4.69, 9.17) is 31.3 Å². The van der Waals surface area contributed by atoms with E-state index in [2.05, 4.69) is 10.1 Å². The van der Waals surface area contributed by atoms with Crippen LogP contribution in [0.25, 0.3) is 11.4 Å². The number of rotatable bonds is 5. The molecule has 1 aromatic carbocycles. The van der Waals surface area contributed by atoms with Gasteiger partial charge in [0.15, 0.2) is 11.5 Å². The van der Waals surface area contributed by atoms with Crippen molar-refractivity contribution in [3.8, 4) is 22.9 Å². The number of ether oxygens (including phenoxy) is 2. The molecule has 114 valence electrons. The van der Waals surface area contributed by atoms with E-state index in [1.807, 2.05) is 13.8 Å². The van der Waals surface area contributed by atoms with Gasteiger partial charge < -0.3 is 19.7 Å². The SMILES string of the molecule is COc1cc(Cl)c(-c2noc(CN)n2)c(C(C)C)c1OC. The molecule has 0 amide bonds. The van der Waals surface area contributed by atoms with Crippen LogP contribution in [0.3, 0.4) is 0 Å². The minimum absolute atomic E-state index is 0.127. The molecule has 7 heteroatoms. The van der Waals surface area contributed by atoms with Crippen LogP contribution >= 0.6 is 11.6 Å². The topological polar surface area (TPSA) is 83.4 Å². The second-order valence-corrected chi connectivity index (χ2v) is 5.16. The normalized spacial score (nSPS) is 11.0. The van der Waals surface area contributed by atoms with Crippen molar-refractivity contribution in [2.75, 3.05) is 14.2 Å². The van der Waals surface area contributed by atoms with Crippen LogP contribution in [0.2, 0.25) is 5.02 Å². The molecule has 0 atom stereocenters. The van der Waals surface area contributed by atoms with Crippen molar-refractivity contribution < 1.29 is 14.0 Å². The molecule has 0 spiro atoms. The van der Waals surface area contributed by atoms with Gasteiger partial charge in [-0.1, -0.05) is 30.6 Å². The lowest BCUT2D eigenvalue weighted by Gasteiger charge is -2.19. The minimum atomic E-state index is 0.127. The molecule has 0 saturated heterocycles. The fourth-order valence-electron chi connectivity index (χ4n) is 2.21. The molecule has 0 unspecified atom stereocenters. The Morgan fingerprint density at radius 3 is 2.52 bits per heavy atom. The summed E-state index contributed by atoms with van der Waals surface area (Å²) in [6.07, 6.45) is 0. The lowest BCUT2D eigenvalue weighted by atomic mass is 9.95. The fraction of sp³-hybridized carbons (Fsp3) is 0.429. The summed E-state index contributed by atoms with van der Waals surface area (Å²) in [5.74, 6) is 2.06. The first-order valence-electron chi connectivity index (χ1n) is 6.50. The summed E-state index contributed by atoms with van der Waals surface area (Å²) in [7, 11) is 3.15. The first-order chi connectivity index (χ1) is 10.0. The predicted octanol–water partition coefficient (Wildman–Crippen LogP) is 2.99. The average molecular weight is 312 g/mol. The lowest BCUT2D eigenvalue weighted by molar-refractivity contribution is 0.350. The van der Waals surface area contributed by atoms with Gasteiger partial charge >= 0.3 is 0 Å². The lowest BCUT2D eigenvalue weighted by Crippen LogP contribution is -2.02. The number of methoxy groups -OCH3 is 2. The van der Waals surface area contributed by atoms with E-state index in [1.54, 1.807) is 20.3 Å². The Morgan fingerprint density at radius 1 is 1.33 bits per heavy atom. The molecule has 0 bridgehead atoms. The summed E-state index contributed by atoms with van der Waals surface area (Å²) in [6, 6.07) is 1.68. The number of halogens is 1. The third kappa shape index (κ3) is 2.82. The molecule has 0 fully saturated rings. The Kier molecular flexibility index (Phi) is 4.69. The monoisotopic (exact) mass is 311 g/mol. The molecule has 0 saturated carbocycles. The summed E-state index contributed by atoms with van der Waals surface area (Å²) in [5.41, 5.74) is 7.05. The molecule has 21 heavy (non-hydrogen) atoms. The Hall–Kier alpha value is -1.79. The van der Waals surface area contributed by atoms with Crippen molar-refractivity contribution in [3.05, 3.63) is 22.5 Å². The van der Waals surface area contributed by atoms with Crippen molar-refractivity contribution in [2.24, 2.45) is 5.73 Å². The van der Waals surface area contributed by atoms with Crippen LogP contribution in [0.5, 0.6) is 11.5 Å². The molecular weight excluding hydrogens is 294 g/mol. The third-order valence-corrected chi connectivity index (χ3v) is 3.40. The van der Waals surface area contributed by atoms with E-state index >= 15 is 0 Å². The molecule has 2 rings (SSSR count). The largest absolute Gasteiger partial charge is 0.493 e. The van der Waals surface area contributed by atoms with E-state index in [1.165, 1.54) is 0 Å². The van der Waals surface area contributed by atoms with Gasteiger partial charge in [-0.05, 0) is 5.92 Å². The van der Waals surface area contributed by atoms with Gasteiger partial charge in [0.1, 0.15) is 0 Å². The average Bonchev–Trinajstić information content (AvgIpc) is 2.94. The maximum absolute atomic E-state index is 6.38. The summed E-state index contributed by atoms with van der Waals surface area (Å²) < 4.78 is 15.9. The van der Waals surface area contributed by atoms with Crippen LogP contribution in [0, 0.1) is 0 Å². The highest BCUT2D eigenvalue weighted by Gasteiger charge is 2.25. The first kappa shape index (κ1) is 15.6. The molecule has 2 N–H and O–H groups in total. The molecular formula is C14H18ClN3O3. The van der Waals surface area contributed by atoms with Gasteiger partial charge in [0.2, 0.25) is 11.7 Å². The van der Waals surface area contributed by atoms with Crippen molar-refractivity contribution in [1.82, 2.24) is 10.1 Å². The quantitative estimate of drug-likeness (QED) is 0.914. The highest BCUT2D eigenvalue weighted by atomic mass is 35.5. The van der Waals surface area contributed by atoms with Gasteiger partial charge in [0.05, 0.1) is 25.8 Å². The molecule has 0 aliphatic rings. The Bertz CT molecular complexity index is 641. The maximum Gasteiger partial charge on any atom is 0.240 e. The summed E-state index contributed by atoms with van der Waals surface area (Å²) >= 11 is 6.38. The summed E-state index contributed by atoms with van der Waals surface area (Å²) in [5, 5.41) is 4.42. The standard InChI is InChI=1S/C14H18ClN3O3/c1-7(2)11-12(14-17-10(6-16)21-18-14)8(15)5-9(19-3)13(11)20-4/h5,7H,6,16H2,1-4H3. The first-order valence-corrected chi connectivity index (χ1v) is 6.88. The molecule has 6 nitrogen and oxygen atoms in total. The molecule has 1 aromatic heterocycles. The zero-order valence-electron chi connectivity index (χ0n) is 12.4.